The molecule has 0 saturated carbocycles. The molecule has 0 fully saturated rings. The third-order valence-electron chi connectivity index (χ3n) is 3.25. The standard InChI is InChI=1S/C18H30N4O4.HI/c1-18(2,3)26-17(23)21-10-9-20-16(19-4)22-12-13-7-8-14(24-5)11-15(13)25-6;/h7-8,11H,9-10,12H2,1-6H3,(H,21,23)(H2,19,20,22);1H. The molecule has 9 heteroatoms. The zero-order chi connectivity index (χ0) is 19.6. The molecule has 0 radical (unpaired) electrons. The summed E-state index contributed by atoms with van der Waals surface area (Å²) >= 11 is 0. The van der Waals surface area contributed by atoms with E-state index in [4.69, 9.17) is 14.2 Å². The van der Waals surface area contributed by atoms with Crippen LogP contribution in [0.3, 0.4) is 0 Å². The Bertz CT molecular complexity index is 618. The van der Waals surface area contributed by atoms with Gasteiger partial charge in [-0.25, -0.2) is 4.79 Å². The number of guanidine groups is 1. The van der Waals surface area contributed by atoms with Gasteiger partial charge in [0.05, 0.1) is 14.2 Å². The van der Waals surface area contributed by atoms with E-state index in [0.717, 1.165) is 17.1 Å². The Morgan fingerprint density at radius 2 is 1.74 bits per heavy atom. The number of carbonyl (C=O) groups is 1. The normalized spacial score (nSPS) is 11.1. The first-order valence-electron chi connectivity index (χ1n) is 8.41. The van der Waals surface area contributed by atoms with Crippen molar-refractivity contribution in [3.05, 3.63) is 23.8 Å². The highest BCUT2D eigenvalue weighted by atomic mass is 127. The van der Waals surface area contributed by atoms with Crippen LogP contribution in [-0.4, -0.2) is 52.0 Å². The molecule has 0 spiro atoms. The van der Waals surface area contributed by atoms with Gasteiger partial charge in [0.15, 0.2) is 5.96 Å². The molecule has 3 N–H and O–H groups in total. The number of benzene rings is 1. The lowest BCUT2D eigenvalue weighted by Crippen LogP contribution is -2.42. The number of nitrogens with one attached hydrogen (secondary N) is 3. The predicted octanol–water partition coefficient (Wildman–Crippen LogP) is 2.51. The molecule has 1 aromatic carbocycles. The maximum Gasteiger partial charge on any atom is 0.407 e. The van der Waals surface area contributed by atoms with Crippen LogP contribution < -0.4 is 25.4 Å². The number of halogens is 1. The Morgan fingerprint density at radius 1 is 1.07 bits per heavy atom. The maximum atomic E-state index is 11.6. The van der Waals surface area contributed by atoms with Crippen LogP contribution in [-0.2, 0) is 11.3 Å². The van der Waals surface area contributed by atoms with Crippen LogP contribution in [0.5, 0.6) is 11.5 Å². The number of carbonyl (C=O) groups excluding carboxylic acids is 1. The van der Waals surface area contributed by atoms with E-state index in [-0.39, 0.29) is 24.0 Å². The minimum Gasteiger partial charge on any atom is -0.497 e. The van der Waals surface area contributed by atoms with E-state index >= 15 is 0 Å². The molecule has 0 atom stereocenters. The SMILES string of the molecule is CN=C(NCCNC(=O)OC(C)(C)C)NCc1ccc(OC)cc1OC.I. The van der Waals surface area contributed by atoms with E-state index in [1.807, 2.05) is 39.0 Å². The van der Waals surface area contributed by atoms with E-state index in [1.54, 1.807) is 21.3 Å². The first-order chi connectivity index (χ1) is 12.3. The second-order valence-electron chi connectivity index (χ2n) is 6.46. The fourth-order valence-corrected chi connectivity index (χ4v) is 2.06. The van der Waals surface area contributed by atoms with Gasteiger partial charge in [0.2, 0.25) is 0 Å². The number of methoxy groups -OCH3 is 2. The van der Waals surface area contributed by atoms with E-state index in [0.29, 0.717) is 25.6 Å². The summed E-state index contributed by atoms with van der Waals surface area (Å²) in [6.07, 6.45) is -0.440. The number of hydrogen-bond donors (Lipinski definition) is 3. The summed E-state index contributed by atoms with van der Waals surface area (Å²) in [4.78, 5) is 15.7. The number of alkyl carbamates (subject to hydrolysis) is 1. The molecule has 0 aliphatic rings. The first kappa shape index (κ1) is 25.1. The number of ether oxygens (including phenoxy) is 3. The number of amides is 1. The predicted molar refractivity (Wildman–Crippen MR) is 117 cm³/mol. The molecule has 0 unspecified atom stereocenters. The molecule has 154 valence electrons. The molecular formula is C18H31IN4O4. The molecule has 27 heavy (non-hydrogen) atoms. The Balaban J connectivity index is 0.00000676. The molecule has 0 bridgehead atoms. The molecule has 1 amide bonds. The lowest BCUT2D eigenvalue weighted by Gasteiger charge is -2.20. The van der Waals surface area contributed by atoms with Gasteiger partial charge in [-0.1, -0.05) is 0 Å². The molecule has 1 rings (SSSR count). The van der Waals surface area contributed by atoms with Gasteiger partial charge < -0.3 is 30.2 Å². The van der Waals surface area contributed by atoms with Crippen molar-refractivity contribution in [1.29, 1.82) is 0 Å². The summed E-state index contributed by atoms with van der Waals surface area (Å²) in [5.74, 6) is 2.09. The third-order valence-corrected chi connectivity index (χ3v) is 3.25. The van der Waals surface area contributed by atoms with E-state index < -0.39 is 11.7 Å². The Labute approximate surface area is 178 Å². The van der Waals surface area contributed by atoms with Crippen molar-refractivity contribution in [2.75, 3.05) is 34.4 Å². The quantitative estimate of drug-likeness (QED) is 0.234. The molecule has 0 aliphatic heterocycles. The van der Waals surface area contributed by atoms with Gasteiger partial charge in [0, 0.05) is 38.3 Å². The largest absolute Gasteiger partial charge is 0.497 e. The number of rotatable bonds is 7. The maximum absolute atomic E-state index is 11.6. The summed E-state index contributed by atoms with van der Waals surface area (Å²) in [5.41, 5.74) is 0.468. The topological polar surface area (TPSA) is 93.2 Å². The van der Waals surface area contributed by atoms with Gasteiger partial charge in [-0.05, 0) is 32.9 Å². The monoisotopic (exact) mass is 494 g/mol. The van der Waals surface area contributed by atoms with Crippen LogP contribution in [0.25, 0.3) is 0 Å². The molecule has 1 aromatic rings. The molecule has 0 aliphatic carbocycles. The van der Waals surface area contributed by atoms with Gasteiger partial charge in [-0.2, -0.15) is 0 Å². The Kier molecular flexibility index (Phi) is 11.6. The van der Waals surface area contributed by atoms with E-state index in [1.165, 1.54) is 0 Å². The summed E-state index contributed by atoms with van der Waals surface area (Å²) in [7, 11) is 4.92. The zero-order valence-electron chi connectivity index (χ0n) is 16.8. The first-order valence-corrected chi connectivity index (χ1v) is 8.41. The van der Waals surface area contributed by atoms with Crippen molar-refractivity contribution in [2.45, 2.75) is 32.9 Å². The molecule has 0 heterocycles. The minimum absolute atomic E-state index is 0. The molecule has 0 aromatic heterocycles. The average molecular weight is 494 g/mol. The average Bonchev–Trinajstić information content (AvgIpc) is 2.59. The Morgan fingerprint density at radius 3 is 2.30 bits per heavy atom. The van der Waals surface area contributed by atoms with Gasteiger partial charge in [-0.15, -0.1) is 24.0 Å². The summed E-state index contributed by atoms with van der Waals surface area (Å²) < 4.78 is 15.7. The fraction of sp³-hybridized carbons (Fsp3) is 0.556. The number of nitrogens with zero attached hydrogens (tertiary/aromatic N) is 1. The van der Waals surface area contributed by atoms with Crippen molar-refractivity contribution in [1.82, 2.24) is 16.0 Å². The van der Waals surface area contributed by atoms with Crippen LogP contribution in [0.4, 0.5) is 4.79 Å². The summed E-state index contributed by atoms with van der Waals surface area (Å²) in [6, 6.07) is 5.64. The van der Waals surface area contributed by atoms with Crippen LogP contribution >= 0.6 is 24.0 Å². The van der Waals surface area contributed by atoms with E-state index in [2.05, 4.69) is 20.9 Å². The van der Waals surface area contributed by atoms with E-state index in [9.17, 15) is 4.79 Å². The molecular weight excluding hydrogens is 463 g/mol. The van der Waals surface area contributed by atoms with Crippen LogP contribution in [0.1, 0.15) is 26.3 Å². The second kappa shape index (κ2) is 12.5. The lowest BCUT2D eigenvalue weighted by molar-refractivity contribution is 0.0529. The van der Waals surface area contributed by atoms with Crippen LogP contribution in [0, 0.1) is 0 Å². The molecule has 8 nitrogen and oxygen atoms in total. The molecule has 0 saturated heterocycles. The van der Waals surface area contributed by atoms with Crippen molar-refractivity contribution >= 4 is 36.0 Å². The highest BCUT2D eigenvalue weighted by molar-refractivity contribution is 14.0. The fourth-order valence-electron chi connectivity index (χ4n) is 2.06. The highest BCUT2D eigenvalue weighted by Crippen LogP contribution is 2.24. The van der Waals surface area contributed by atoms with Crippen molar-refractivity contribution < 1.29 is 19.0 Å². The second-order valence-corrected chi connectivity index (χ2v) is 6.46. The van der Waals surface area contributed by atoms with Crippen LogP contribution in [0.15, 0.2) is 23.2 Å². The van der Waals surface area contributed by atoms with Gasteiger partial charge in [0.1, 0.15) is 17.1 Å². The van der Waals surface area contributed by atoms with Crippen molar-refractivity contribution in [3.8, 4) is 11.5 Å². The van der Waals surface area contributed by atoms with Gasteiger partial charge >= 0.3 is 6.09 Å². The third kappa shape index (κ3) is 10.1. The van der Waals surface area contributed by atoms with Crippen molar-refractivity contribution in [3.63, 3.8) is 0 Å². The number of aliphatic imine (C=N–C) groups is 1. The lowest BCUT2D eigenvalue weighted by atomic mass is 10.2. The summed E-state index contributed by atoms with van der Waals surface area (Å²) in [5, 5.41) is 9.00. The van der Waals surface area contributed by atoms with Gasteiger partial charge in [0.25, 0.3) is 0 Å². The Hall–Kier alpha value is -1.91. The van der Waals surface area contributed by atoms with Crippen molar-refractivity contribution in [2.24, 2.45) is 4.99 Å². The minimum atomic E-state index is -0.507. The smallest absolute Gasteiger partial charge is 0.407 e. The van der Waals surface area contributed by atoms with Crippen LogP contribution in [0.2, 0.25) is 0 Å². The zero-order valence-corrected chi connectivity index (χ0v) is 19.2. The summed E-state index contributed by atoms with van der Waals surface area (Å²) in [6.45, 7) is 6.94. The highest BCUT2D eigenvalue weighted by Gasteiger charge is 2.15. The van der Waals surface area contributed by atoms with Gasteiger partial charge in [-0.3, -0.25) is 4.99 Å². The number of hydrogen-bond acceptors (Lipinski definition) is 5.